The van der Waals surface area contributed by atoms with Crippen LogP contribution in [0, 0.1) is 0 Å². The maximum atomic E-state index is 11.9. The van der Waals surface area contributed by atoms with Gasteiger partial charge in [-0.05, 0) is 65.7 Å². The standard InChI is InChI=1S/C22H16BrNO2/c23-19-11-6-17(7-12-19)10-15-22(25)26-21-13-8-18(9-14-21)16-24-20-4-2-1-3-5-20/h1-16H. The lowest BCUT2D eigenvalue weighted by Gasteiger charge is -2.01. The van der Waals surface area contributed by atoms with Gasteiger partial charge in [0.15, 0.2) is 0 Å². The average Bonchev–Trinajstić information content (AvgIpc) is 2.68. The number of para-hydroxylation sites is 1. The van der Waals surface area contributed by atoms with E-state index in [1.54, 1.807) is 24.4 Å². The van der Waals surface area contributed by atoms with Crippen LogP contribution in [0.15, 0.2) is 94.4 Å². The summed E-state index contributed by atoms with van der Waals surface area (Å²) in [7, 11) is 0. The largest absolute Gasteiger partial charge is 0.423 e. The molecule has 4 heteroatoms. The quantitative estimate of drug-likeness (QED) is 0.232. The van der Waals surface area contributed by atoms with Crippen molar-refractivity contribution in [3.05, 3.63) is 101 Å². The number of esters is 1. The van der Waals surface area contributed by atoms with Crippen LogP contribution in [0.1, 0.15) is 11.1 Å². The van der Waals surface area contributed by atoms with Gasteiger partial charge in [-0.3, -0.25) is 4.99 Å². The van der Waals surface area contributed by atoms with Crippen molar-refractivity contribution in [2.45, 2.75) is 0 Å². The van der Waals surface area contributed by atoms with Gasteiger partial charge in [0, 0.05) is 16.8 Å². The fourth-order valence-corrected chi connectivity index (χ4v) is 2.44. The first-order valence-electron chi connectivity index (χ1n) is 8.04. The molecule has 0 aliphatic heterocycles. The number of carbonyl (C=O) groups is 1. The molecule has 0 spiro atoms. The van der Waals surface area contributed by atoms with Gasteiger partial charge in [-0.15, -0.1) is 0 Å². The van der Waals surface area contributed by atoms with Gasteiger partial charge in [-0.2, -0.15) is 0 Å². The minimum absolute atomic E-state index is 0.418. The molecule has 26 heavy (non-hydrogen) atoms. The minimum Gasteiger partial charge on any atom is -0.423 e. The van der Waals surface area contributed by atoms with Crippen LogP contribution in [0.3, 0.4) is 0 Å². The van der Waals surface area contributed by atoms with Gasteiger partial charge in [-0.25, -0.2) is 4.79 Å². The number of aliphatic imine (C=N–C) groups is 1. The number of carbonyl (C=O) groups excluding carboxylic acids is 1. The second-order valence-electron chi connectivity index (χ2n) is 5.47. The Bertz CT molecular complexity index is 915. The lowest BCUT2D eigenvalue weighted by Crippen LogP contribution is -2.03. The number of nitrogens with zero attached hydrogens (tertiary/aromatic N) is 1. The highest BCUT2D eigenvalue weighted by molar-refractivity contribution is 9.10. The zero-order valence-corrected chi connectivity index (χ0v) is 15.5. The van der Waals surface area contributed by atoms with Gasteiger partial charge in [0.1, 0.15) is 5.75 Å². The van der Waals surface area contributed by atoms with Gasteiger partial charge in [-0.1, -0.05) is 46.3 Å². The van der Waals surface area contributed by atoms with E-state index in [1.807, 2.05) is 66.7 Å². The van der Waals surface area contributed by atoms with E-state index in [1.165, 1.54) is 6.08 Å². The third-order valence-corrected chi connectivity index (χ3v) is 4.03. The number of halogens is 1. The number of rotatable bonds is 5. The summed E-state index contributed by atoms with van der Waals surface area (Å²) in [6.07, 6.45) is 4.90. The van der Waals surface area contributed by atoms with Crippen molar-refractivity contribution in [3.8, 4) is 5.75 Å². The molecule has 0 aromatic heterocycles. The van der Waals surface area contributed by atoms with Gasteiger partial charge in [0.25, 0.3) is 0 Å². The Morgan fingerprint density at radius 2 is 1.50 bits per heavy atom. The topological polar surface area (TPSA) is 38.7 Å². The molecule has 0 fully saturated rings. The predicted molar refractivity (Wildman–Crippen MR) is 109 cm³/mol. The monoisotopic (exact) mass is 405 g/mol. The predicted octanol–water partition coefficient (Wildman–Crippen LogP) is 5.82. The van der Waals surface area contributed by atoms with E-state index in [0.29, 0.717) is 5.75 Å². The molecule has 0 amide bonds. The summed E-state index contributed by atoms with van der Waals surface area (Å²) < 4.78 is 6.29. The first-order chi connectivity index (χ1) is 12.7. The lowest BCUT2D eigenvalue weighted by atomic mass is 10.2. The van der Waals surface area contributed by atoms with Crippen molar-refractivity contribution in [3.63, 3.8) is 0 Å². The molecule has 0 saturated heterocycles. The van der Waals surface area contributed by atoms with Crippen LogP contribution in [-0.2, 0) is 4.79 Å². The van der Waals surface area contributed by atoms with E-state index < -0.39 is 5.97 Å². The van der Waals surface area contributed by atoms with E-state index >= 15 is 0 Å². The molecule has 0 bridgehead atoms. The maximum Gasteiger partial charge on any atom is 0.336 e. The molecule has 128 valence electrons. The van der Waals surface area contributed by atoms with Crippen LogP contribution < -0.4 is 4.74 Å². The summed E-state index contributed by atoms with van der Waals surface area (Å²) in [5.74, 6) is 0.0749. The Morgan fingerprint density at radius 3 is 2.19 bits per heavy atom. The van der Waals surface area contributed by atoms with Crippen molar-refractivity contribution in [1.82, 2.24) is 0 Å². The smallest absolute Gasteiger partial charge is 0.336 e. The molecule has 0 aliphatic rings. The van der Waals surface area contributed by atoms with Crippen molar-refractivity contribution >= 4 is 39.9 Å². The molecule has 3 aromatic rings. The third kappa shape index (κ3) is 5.53. The summed E-state index contributed by atoms with van der Waals surface area (Å²) in [4.78, 5) is 16.3. The molecular formula is C22H16BrNO2. The Hall–Kier alpha value is -2.98. The first-order valence-corrected chi connectivity index (χ1v) is 8.83. The summed E-state index contributed by atoms with van der Waals surface area (Å²) in [5, 5.41) is 0. The summed E-state index contributed by atoms with van der Waals surface area (Å²) in [6.45, 7) is 0. The highest BCUT2D eigenvalue weighted by Crippen LogP contribution is 2.15. The number of ether oxygens (including phenoxy) is 1. The lowest BCUT2D eigenvalue weighted by molar-refractivity contribution is -0.128. The second-order valence-corrected chi connectivity index (χ2v) is 6.38. The van der Waals surface area contributed by atoms with Crippen molar-refractivity contribution in [2.75, 3.05) is 0 Å². The van der Waals surface area contributed by atoms with Crippen LogP contribution in [0.2, 0.25) is 0 Å². The van der Waals surface area contributed by atoms with Gasteiger partial charge >= 0.3 is 5.97 Å². The molecule has 0 unspecified atom stereocenters. The van der Waals surface area contributed by atoms with Gasteiger partial charge in [0.2, 0.25) is 0 Å². The molecule has 0 atom stereocenters. The van der Waals surface area contributed by atoms with Crippen molar-refractivity contribution < 1.29 is 9.53 Å². The zero-order valence-electron chi connectivity index (χ0n) is 13.9. The number of hydrogen-bond donors (Lipinski definition) is 0. The Morgan fingerprint density at radius 1 is 0.846 bits per heavy atom. The minimum atomic E-state index is -0.418. The molecule has 0 N–H and O–H groups in total. The molecular weight excluding hydrogens is 390 g/mol. The van der Waals surface area contributed by atoms with E-state index in [9.17, 15) is 4.79 Å². The normalized spacial score (nSPS) is 11.1. The van der Waals surface area contributed by atoms with Gasteiger partial charge < -0.3 is 4.74 Å². The molecule has 3 aromatic carbocycles. The molecule has 3 rings (SSSR count). The average molecular weight is 406 g/mol. The fraction of sp³-hybridized carbons (Fsp3) is 0. The Kier molecular flexibility index (Phi) is 6.12. The number of benzene rings is 3. The van der Waals surface area contributed by atoms with Crippen LogP contribution >= 0.6 is 15.9 Å². The summed E-state index contributed by atoms with van der Waals surface area (Å²) in [6, 6.07) is 24.6. The van der Waals surface area contributed by atoms with Crippen molar-refractivity contribution in [1.29, 1.82) is 0 Å². The maximum absolute atomic E-state index is 11.9. The highest BCUT2D eigenvalue weighted by Gasteiger charge is 2.00. The summed E-state index contributed by atoms with van der Waals surface area (Å²) in [5.41, 5.74) is 2.75. The fourth-order valence-electron chi connectivity index (χ4n) is 2.17. The van der Waals surface area contributed by atoms with E-state index in [-0.39, 0.29) is 0 Å². The van der Waals surface area contributed by atoms with Crippen LogP contribution in [0.4, 0.5) is 5.69 Å². The van der Waals surface area contributed by atoms with Crippen LogP contribution in [-0.4, -0.2) is 12.2 Å². The van der Waals surface area contributed by atoms with E-state index in [0.717, 1.165) is 21.3 Å². The Balaban J connectivity index is 1.57. The van der Waals surface area contributed by atoms with Crippen molar-refractivity contribution in [2.24, 2.45) is 4.99 Å². The SMILES string of the molecule is O=C(C=Cc1ccc(Br)cc1)Oc1ccc(C=Nc2ccccc2)cc1. The number of hydrogen-bond acceptors (Lipinski definition) is 3. The van der Waals surface area contributed by atoms with Crippen LogP contribution in [0.25, 0.3) is 6.08 Å². The third-order valence-electron chi connectivity index (χ3n) is 3.50. The van der Waals surface area contributed by atoms with E-state index in [4.69, 9.17) is 4.74 Å². The highest BCUT2D eigenvalue weighted by atomic mass is 79.9. The second kappa shape index (κ2) is 8.92. The first kappa shape index (κ1) is 17.8. The molecule has 0 saturated carbocycles. The molecule has 0 aliphatic carbocycles. The van der Waals surface area contributed by atoms with E-state index in [2.05, 4.69) is 20.9 Å². The molecule has 0 heterocycles. The zero-order chi connectivity index (χ0) is 18.2. The van der Waals surface area contributed by atoms with Gasteiger partial charge in [0.05, 0.1) is 5.69 Å². The Labute approximate surface area is 160 Å². The van der Waals surface area contributed by atoms with Crippen LogP contribution in [0.5, 0.6) is 5.75 Å². The molecule has 0 radical (unpaired) electrons. The summed E-state index contributed by atoms with van der Waals surface area (Å²) >= 11 is 3.37. The molecule has 3 nitrogen and oxygen atoms in total.